The summed E-state index contributed by atoms with van der Waals surface area (Å²) in [6.45, 7) is 0.407. The van der Waals surface area contributed by atoms with E-state index in [-0.39, 0.29) is 17.9 Å². The van der Waals surface area contributed by atoms with E-state index in [0.717, 1.165) is 6.26 Å². The minimum Gasteiger partial charge on any atom is -0.376 e. The van der Waals surface area contributed by atoms with Crippen LogP contribution in [0.5, 0.6) is 0 Å². The van der Waals surface area contributed by atoms with Crippen LogP contribution in [0.3, 0.4) is 0 Å². The van der Waals surface area contributed by atoms with Gasteiger partial charge < -0.3 is 9.88 Å². The summed E-state index contributed by atoms with van der Waals surface area (Å²) < 4.78 is 23.8. The van der Waals surface area contributed by atoms with Crippen molar-refractivity contribution in [2.75, 3.05) is 17.3 Å². The molecule has 5 nitrogen and oxygen atoms in total. The molecule has 0 saturated carbocycles. The summed E-state index contributed by atoms with van der Waals surface area (Å²) in [5.41, 5.74) is 0.762. The molecule has 0 fully saturated rings. The molecule has 8 heteroatoms. The molecular weight excluding hydrogens is 359 g/mol. The maximum absolute atomic E-state index is 12.3. The highest BCUT2D eigenvalue weighted by Crippen LogP contribution is 2.24. The fourth-order valence-electron chi connectivity index (χ4n) is 2.00. The van der Waals surface area contributed by atoms with E-state index in [0.29, 0.717) is 27.8 Å². The molecule has 0 atom stereocenters. The van der Waals surface area contributed by atoms with Crippen molar-refractivity contribution in [1.29, 1.82) is 0 Å². The molecule has 0 aliphatic carbocycles. The number of sulfone groups is 1. The molecule has 0 aliphatic rings. The van der Waals surface area contributed by atoms with Gasteiger partial charge in [0.05, 0.1) is 5.75 Å². The first kappa shape index (κ1) is 17.8. The summed E-state index contributed by atoms with van der Waals surface area (Å²) >= 11 is 12.2. The zero-order chi connectivity index (χ0) is 17.0. The number of aryl methyl sites for hydroxylation is 1. The SMILES string of the molecule is CS(=O)(=O)CCn1cccc(NCc2c(Cl)cccc2Cl)c1=O. The quantitative estimate of drug-likeness (QED) is 0.843. The number of rotatable bonds is 6. The summed E-state index contributed by atoms with van der Waals surface area (Å²) in [6, 6.07) is 8.50. The Kier molecular flexibility index (Phi) is 5.73. The molecule has 0 aliphatic heterocycles. The normalized spacial score (nSPS) is 11.4. The molecule has 2 aromatic rings. The van der Waals surface area contributed by atoms with Crippen LogP contribution in [0.2, 0.25) is 10.0 Å². The lowest BCUT2D eigenvalue weighted by Gasteiger charge is -2.11. The molecular formula is C15H16Cl2N2O3S. The van der Waals surface area contributed by atoms with Gasteiger partial charge in [0, 0.05) is 41.2 Å². The average molecular weight is 375 g/mol. The third kappa shape index (κ3) is 4.99. The number of benzene rings is 1. The third-order valence-corrected chi connectivity index (χ3v) is 4.87. The van der Waals surface area contributed by atoms with Crippen LogP contribution in [0.1, 0.15) is 5.56 Å². The maximum Gasteiger partial charge on any atom is 0.273 e. The Morgan fingerprint density at radius 2 is 1.78 bits per heavy atom. The first-order valence-corrected chi connectivity index (χ1v) is 9.63. The van der Waals surface area contributed by atoms with E-state index in [2.05, 4.69) is 5.32 Å². The Balaban J connectivity index is 2.17. The van der Waals surface area contributed by atoms with E-state index in [1.807, 2.05) is 0 Å². The van der Waals surface area contributed by atoms with Gasteiger partial charge in [0.2, 0.25) is 0 Å². The van der Waals surface area contributed by atoms with Crippen molar-refractivity contribution in [2.45, 2.75) is 13.1 Å². The molecule has 0 spiro atoms. The molecule has 0 saturated heterocycles. The average Bonchev–Trinajstić information content (AvgIpc) is 2.46. The second-order valence-corrected chi connectivity index (χ2v) is 8.18. The van der Waals surface area contributed by atoms with Crippen LogP contribution >= 0.6 is 23.2 Å². The summed E-state index contributed by atoms with van der Waals surface area (Å²) in [5, 5.41) is 4.02. The molecule has 2 rings (SSSR count). The third-order valence-electron chi connectivity index (χ3n) is 3.24. The highest BCUT2D eigenvalue weighted by atomic mass is 35.5. The number of anilines is 1. The fraction of sp³-hybridized carbons (Fsp3) is 0.267. The van der Waals surface area contributed by atoms with Crippen molar-refractivity contribution in [2.24, 2.45) is 0 Å². The van der Waals surface area contributed by atoms with Gasteiger partial charge in [0.25, 0.3) is 5.56 Å². The van der Waals surface area contributed by atoms with Crippen molar-refractivity contribution >= 4 is 38.7 Å². The van der Waals surface area contributed by atoms with Gasteiger partial charge in [-0.1, -0.05) is 29.3 Å². The van der Waals surface area contributed by atoms with E-state index in [1.54, 1.807) is 36.5 Å². The highest BCUT2D eigenvalue weighted by molar-refractivity contribution is 7.90. The largest absolute Gasteiger partial charge is 0.376 e. The van der Waals surface area contributed by atoms with Crippen LogP contribution in [0, 0.1) is 0 Å². The van der Waals surface area contributed by atoms with Crippen molar-refractivity contribution in [3.63, 3.8) is 0 Å². The second-order valence-electron chi connectivity index (χ2n) is 5.10. The molecule has 124 valence electrons. The number of hydrogen-bond acceptors (Lipinski definition) is 4. The van der Waals surface area contributed by atoms with Crippen LogP contribution in [-0.4, -0.2) is 25.0 Å². The fourth-order valence-corrected chi connectivity index (χ4v) is 3.06. The van der Waals surface area contributed by atoms with Gasteiger partial charge in [-0.3, -0.25) is 4.79 Å². The predicted octanol–water partition coefficient (Wildman–Crippen LogP) is 2.81. The van der Waals surface area contributed by atoms with Crippen LogP contribution in [-0.2, 0) is 22.9 Å². The summed E-state index contributed by atoms with van der Waals surface area (Å²) in [5.74, 6) is -0.0906. The van der Waals surface area contributed by atoms with E-state index in [1.165, 1.54) is 4.57 Å². The zero-order valence-corrected chi connectivity index (χ0v) is 14.7. The van der Waals surface area contributed by atoms with Crippen molar-refractivity contribution < 1.29 is 8.42 Å². The summed E-state index contributed by atoms with van der Waals surface area (Å²) in [4.78, 5) is 12.3. The highest BCUT2D eigenvalue weighted by Gasteiger charge is 2.09. The van der Waals surface area contributed by atoms with Crippen LogP contribution < -0.4 is 10.9 Å². The van der Waals surface area contributed by atoms with Crippen LogP contribution in [0.4, 0.5) is 5.69 Å². The molecule has 1 N–H and O–H groups in total. The van der Waals surface area contributed by atoms with Crippen LogP contribution in [0.25, 0.3) is 0 Å². The molecule has 1 aromatic heterocycles. The van der Waals surface area contributed by atoms with Crippen molar-refractivity contribution in [1.82, 2.24) is 4.57 Å². The standard InChI is InChI=1S/C15H16Cl2N2O3S/c1-23(21,22)9-8-19-7-3-6-14(15(19)20)18-10-11-12(16)4-2-5-13(11)17/h2-7,18H,8-10H2,1H3. The molecule has 23 heavy (non-hydrogen) atoms. The van der Waals surface area contributed by atoms with Gasteiger partial charge >= 0.3 is 0 Å². The van der Waals surface area contributed by atoms with Gasteiger partial charge in [0.1, 0.15) is 15.5 Å². The van der Waals surface area contributed by atoms with Gasteiger partial charge in [-0.25, -0.2) is 8.42 Å². The topological polar surface area (TPSA) is 68.2 Å². The summed E-state index contributed by atoms with van der Waals surface area (Å²) in [7, 11) is -3.13. The molecule has 0 amide bonds. The Morgan fingerprint density at radius 1 is 1.13 bits per heavy atom. The van der Waals surface area contributed by atoms with Crippen molar-refractivity contribution in [3.8, 4) is 0 Å². The Hall–Kier alpha value is -1.50. The monoisotopic (exact) mass is 374 g/mol. The number of nitrogens with one attached hydrogen (secondary N) is 1. The lowest BCUT2D eigenvalue weighted by Crippen LogP contribution is -2.25. The lowest BCUT2D eigenvalue weighted by atomic mass is 10.2. The van der Waals surface area contributed by atoms with E-state index in [9.17, 15) is 13.2 Å². The predicted molar refractivity (Wildman–Crippen MR) is 94.2 cm³/mol. The maximum atomic E-state index is 12.3. The number of hydrogen-bond donors (Lipinski definition) is 1. The van der Waals surface area contributed by atoms with E-state index < -0.39 is 9.84 Å². The molecule has 0 radical (unpaired) electrons. The van der Waals surface area contributed by atoms with E-state index >= 15 is 0 Å². The number of nitrogens with zero attached hydrogens (tertiary/aromatic N) is 1. The Bertz CT molecular complexity index is 843. The minimum atomic E-state index is -3.13. The smallest absolute Gasteiger partial charge is 0.273 e. The zero-order valence-electron chi connectivity index (χ0n) is 12.4. The van der Waals surface area contributed by atoms with Gasteiger partial charge in [-0.05, 0) is 24.3 Å². The minimum absolute atomic E-state index is 0.0906. The van der Waals surface area contributed by atoms with Crippen molar-refractivity contribution in [3.05, 3.63) is 62.5 Å². The number of aromatic nitrogens is 1. The second kappa shape index (κ2) is 7.38. The molecule has 1 heterocycles. The van der Waals surface area contributed by atoms with Gasteiger partial charge in [0.15, 0.2) is 0 Å². The molecule has 0 unspecified atom stereocenters. The van der Waals surface area contributed by atoms with Gasteiger partial charge in [-0.2, -0.15) is 0 Å². The van der Waals surface area contributed by atoms with Gasteiger partial charge in [-0.15, -0.1) is 0 Å². The lowest BCUT2D eigenvalue weighted by molar-refractivity contribution is 0.593. The number of halogens is 2. The van der Waals surface area contributed by atoms with Crippen LogP contribution in [0.15, 0.2) is 41.3 Å². The molecule has 0 bridgehead atoms. The first-order chi connectivity index (χ1) is 10.8. The number of pyridine rings is 1. The Labute approximate surface area is 144 Å². The summed E-state index contributed by atoms with van der Waals surface area (Å²) in [6.07, 6.45) is 2.70. The first-order valence-electron chi connectivity index (χ1n) is 6.82. The van der Waals surface area contributed by atoms with E-state index in [4.69, 9.17) is 23.2 Å². The Morgan fingerprint density at radius 3 is 2.39 bits per heavy atom. The molecule has 1 aromatic carbocycles.